The van der Waals surface area contributed by atoms with E-state index < -0.39 is 6.10 Å². The maximum Gasteiger partial charge on any atom is 0.306 e. The summed E-state index contributed by atoms with van der Waals surface area (Å²) in [6.45, 7) is 7.59. The number of esters is 2. The molecule has 0 aliphatic carbocycles. The number of ether oxygens (including phenoxy) is 3. The molecule has 0 bridgehead atoms. The third kappa shape index (κ3) is 46.0. The Balaban J connectivity index is 4.32. The van der Waals surface area contributed by atoms with Crippen molar-refractivity contribution < 1.29 is 23.8 Å². The van der Waals surface area contributed by atoms with Crippen LogP contribution in [0.5, 0.6) is 0 Å². The zero-order valence-electron chi connectivity index (χ0n) is 38.3. The highest BCUT2D eigenvalue weighted by molar-refractivity contribution is 5.70. The van der Waals surface area contributed by atoms with Crippen molar-refractivity contribution in [3.05, 3.63) is 72.9 Å². The second-order valence-corrected chi connectivity index (χ2v) is 16.0. The second kappa shape index (κ2) is 48.7. The van der Waals surface area contributed by atoms with Gasteiger partial charge in [0.25, 0.3) is 0 Å². The largest absolute Gasteiger partial charge is 0.462 e. The van der Waals surface area contributed by atoms with Gasteiger partial charge in [-0.3, -0.25) is 9.59 Å². The Morgan fingerprint density at radius 3 is 1.33 bits per heavy atom. The van der Waals surface area contributed by atoms with Crippen molar-refractivity contribution in [2.75, 3.05) is 19.8 Å². The summed E-state index contributed by atoms with van der Waals surface area (Å²) < 4.78 is 17.3. The van der Waals surface area contributed by atoms with Crippen LogP contribution in [0.3, 0.4) is 0 Å². The third-order valence-electron chi connectivity index (χ3n) is 10.2. The first-order valence-corrected chi connectivity index (χ1v) is 24.5. The highest BCUT2D eigenvalue weighted by atomic mass is 16.6. The van der Waals surface area contributed by atoms with Crippen LogP contribution in [0, 0.1) is 0 Å². The quantitative estimate of drug-likeness (QED) is 0.0348. The minimum atomic E-state index is -0.554. The molecule has 0 aromatic heterocycles. The van der Waals surface area contributed by atoms with Crippen LogP contribution in [0.2, 0.25) is 0 Å². The number of hydrogen-bond acceptors (Lipinski definition) is 5. The Morgan fingerprint density at radius 2 is 0.810 bits per heavy atom. The smallest absolute Gasteiger partial charge is 0.306 e. The molecule has 1 atom stereocenters. The lowest BCUT2D eigenvalue weighted by atomic mass is 10.1. The predicted molar refractivity (Wildman–Crippen MR) is 251 cm³/mol. The van der Waals surface area contributed by atoms with E-state index in [-0.39, 0.29) is 25.2 Å². The number of rotatable bonds is 44. The van der Waals surface area contributed by atoms with Gasteiger partial charge in [-0.2, -0.15) is 0 Å². The van der Waals surface area contributed by atoms with Crippen LogP contribution in [-0.4, -0.2) is 37.9 Å². The Hall–Kier alpha value is -2.66. The van der Waals surface area contributed by atoms with E-state index in [1.54, 1.807) is 0 Å². The van der Waals surface area contributed by atoms with E-state index in [0.29, 0.717) is 19.4 Å². The average molecular weight is 809 g/mol. The normalized spacial score (nSPS) is 12.8. The molecule has 5 nitrogen and oxygen atoms in total. The van der Waals surface area contributed by atoms with Crippen molar-refractivity contribution in [2.24, 2.45) is 0 Å². The van der Waals surface area contributed by atoms with E-state index in [9.17, 15) is 9.59 Å². The summed E-state index contributed by atoms with van der Waals surface area (Å²) in [5.74, 6) is -0.433. The van der Waals surface area contributed by atoms with Crippen molar-refractivity contribution in [3.8, 4) is 0 Å². The fourth-order valence-electron chi connectivity index (χ4n) is 6.56. The van der Waals surface area contributed by atoms with Gasteiger partial charge in [0, 0.05) is 19.4 Å². The zero-order valence-corrected chi connectivity index (χ0v) is 38.3. The molecule has 0 aromatic carbocycles. The molecule has 1 unspecified atom stereocenters. The molecule has 334 valence electrons. The Morgan fingerprint density at radius 1 is 0.397 bits per heavy atom. The SMILES string of the molecule is CC/C=C\C/C=C\C/C=C\CCCCCCCC(=O)OCC(COCCCCCCCC/C=C\C/C=C\CCC)OC(=O)CCCCCCC/C=C\CCCCCC. The van der Waals surface area contributed by atoms with Gasteiger partial charge in [0.2, 0.25) is 0 Å². The van der Waals surface area contributed by atoms with Gasteiger partial charge in [0.1, 0.15) is 6.61 Å². The molecule has 58 heavy (non-hydrogen) atoms. The summed E-state index contributed by atoms with van der Waals surface area (Å²) in [6.07, 6.45) is 61.8. The van der Waals surface area contributed by atoms with Gasteiger partial charge in [0.05, 0.1) is 6.61 Å². The first-order chi connectivity index (χ1) is 28.6. The van der Waals surface area contributed by atoms with Crippen molar-refractivity contribution in [2.45, 2.75) is 232 Å². The van der Waals surface area contributed by atoms with Crippen molar-refractivity contribution in [1.29, 1.82) is 0 Å². The maximum atomic E-state index is 12.8. The van der Waals surface area contributed by atoms with Crippen LogP contribution < -0.4 is 0 Å². The van der Waals surface area contributed by atoms with Crippen LogP contribution >= 0.6 is 0 Å². The Labute approximate surface area is 359 Å². The third-order valence-corrected chi connectivity index (χ3v) is 10.2. The molecule has 0 rings (SSSR count). The maximum absolute atomic E-state index is 12.8. The molecule has 0 N–H and O–H groups in total. The summed E-state index contributed by atoms with van der Waals surface area (Å²) in [6, 6.07) is 0. The van der Waals surface area contributed by atoms with Crippen LogP contribution in [0.1, 0.15) is 226 Å². The van der Waals surface area contributed by atoms with Gasteiger partial charge in [-0.25, -0.2) is 0 Å². The van der Waals surface area contributed by atoms with Gasteiger partial charge in [-0.15, -0.1) is 0 Å². The van der Waals surface area contributed by atoms with E-state index in [4.69, 9.17) is 14.2 Å². The number of allylic oxidation sites excluding steroid dienone is 12. The topological polar surface area (TPSA) is 61.8 Å². The molecule has 0 radical (unpaired) electrons. The average Bonchev–Trinajstić information content (AvgIpc) is 3.22. The van der Waals surface area contributed by atoms with Crippen LogP contribution in [0.15, 0.2) is 72.9 Å². The summed E-state index contributed by atoms with van der Waals surface area (Å²) >= 11 is 0. The number of carbonyl (C=O) groups is 2. The fourth-order valence-corrected chi connectivity index (χ4v) is 6.56. The predicted octanol–water partition coefficient (Wildman–Crippen LogP) is 16.3. The van der Waals surface area contributed by atoms with Gasteiger partial charge < -0.3 is 14.2 Å². The molecule has 0 spiro atoms. The van der Waals surface area contributed by atoms with Crippen molar-refractivity contribution in [1.82, 2.24) is 0 Å². The van der Waals surface area contributed by atoms with Gasteiger partial charge in [-0.1, -0.05) is 184 Å². The molecule has 0 amide bonds. The molecule has 0 aromatic rings. The highest BCUT2D eigenvalue weighted by Gasteiger charge is 2.17. The molecular weight excluding hydrogens is 717 g/mol. The minimum Gasteiger partial charge on any atom is -0.462 e. The number of unbranched alkanes of at least 4 members (excludes halogenated alkanes) is 21. The Kier molecular flexibility index (Phi) is 46.5. The first-order valence-electron chi connectivity index (χ1n) is 24.5. The zero-order chi connectivity index (χ0) is 42.1. The molecule has 5 heteroatoms. The van der Waals surface area contributed by atoms with E-state index in [1.165, 1.54) is 103 Å². The molecular formula is C53H92O5. The van der Waals surface area contributed by atoms with Gasteiger partial charge >= 0.3 is 11.9 Å². The summed E-state index contributed by atoms with van der Waals surface area (Å²) in [5, 5.41) is 0. The fraction of sp³-hybridized carbons (Fsp3) is 0.736. The lowest BCUT2D eigenvalue weighted by Gasteiger charge is -2.18. The monoisotopic (exact) mass is 809 g/mol. The molecule has 0 saturated carbocycles. The van der Waals surface area contributed by atoms with Crippen LogP contribution in [-0.2, 0) is 23.8 Å². The van der Waals surface area contributed by atoms with Crippen molar-refractivity contribution in [3.63, 3.8) is 0 Å². The molecule has 0 heterocycles. The minimum absolute atomic E-state index is 0.0666. The highest BCUT2D eigenvalue weighted by Crippen LogP contribution is 2.13. The van der Waals surface area contributed by atoms with Gasteiger partial charge in [0.15, 0.2) is 6.10 Å². The molecule has 0 fully saturated rings. The summed E-state index contributed by atoms with van der Waals surface area (Å²) in [4.78, 5) is 25.3. The van der Waals surface area contributed by atoms with Crippen molar-refractivity contribution >= 4 is 11.9 Å². The van der Waals surface area contributed by atoms with E-state index in [0.717, 1.165) is 89.9 Å². The van der Waals surface area contributed by atoms with Crippen LogP contribution in [0.25, 0.3) is 0 Å². The lowest BCUT2D eigenvalue weighted by Crippen LogP contribution is -2.30. The second-order valence-electron chi connectivity index (χ2n) is 16.0. The summed E-state index contributed by atoms with van der Waals surface area (Å²) in [7, 11) is 0. The lowest BCUT2D eigenvalue weighted by molar-refractivity contribution is -0.163. The van der Waals surface area contributed by atoms with E-state index >= 15 is 0 Å². The van der Waals surface area contributed by atoms with Crippen LogP contribution in [0.4, 0.5) is 0 Å². The summed E-state index contributed by atoms with van der Waals surface area (Å²) in [5.41, 5.74) is 0. The first kappa shape index (κ1) is 55.3. The molecule has 0 aliphatic rings. The van der Waals surface area contributed by atoms with E-state index in [1.807, 2.05) is 0 Å². The molecule has 0 saturated heterocycles. The standard InChI is InChI=1S/C53H92O5/c1-4-7-10-13-16-19-22-25-27-29-31-34-37-40-43-46-52(54)57-50-51(49-56-48-45-42-39-36-33-30-26-23-20-17-14-11-8-5-2)58-53(55)47-44-41-38-35-32-28-24-21-18-15-12-9-6-3/h7,10-11,14,16,19-21,23-25,27,51H,4-6,8-9,12-13,15,17-18,22,26,28-50H2,1-3H3/b10-7-,14-11-,19-16-,23-20-,24-21-,27-25-. The Bertz CT molecular complexity index is 1050. The van der Waals surface area contributed by atoms with Gasteiger partial charge in [-0.05, 0) is 103 Å². The molecule has 0 aliphatic heterocycles. The van der Waals surface area contributed by atoms with E-state index in [2.05, 4.69) is 93.7 Å². The number of carbonyl (C=O) groups excluding carboxylic acids is 2. The number of hydrogen-bond donors (Lipinski definition) is 0.